The quantitative estimate of drug-likeness (QED) is 0.894. The number of nitrogens with one attached hydrogen (secondary N) is 1. The first-order chi connectivity index (χ1) is 11.9. The number of hydrogen-bond acceptors (Lipinski definition) is 4. The predicted molar refractivity (Wildman–Crippen MR) is 82.0 cm³/mol. The number of carbonyl (C=O) groups is 1. The van der Waals surface area contributed by atoms with Crippen LogP contribution >= 0.6 is 0 Å². The molecule has 0 spiro atoms. The van der Waals surface area contributed by atoms with Crippen LogP contribution in [-0.4, -0.2) is 40.7 Å². The number of nitrogens with zero attached hydrogens (tertiary/aromatic N) is 3. The maximum absolute atomic E-state index is 12.5. The molecule has 134 valence electrons. The summed E-state index contributed by atoms with van der Waals surface area (Å²) in [6, 6.07) is 4.98. The van der Waals surface area contributed by atoms with Crippen molar-refractivity contribution in [2.75, 3.05) is 19.8 Å². The van der Waals surface area contributed by atoms with Gasteiger partial charge in [-0.05, 0) is 30.5 Å². The normalized spacial score (nSPS) is 17.6. The van der Waals surface area contributed by atoms with Gasteiger partial charge in [-0.15, -0.1) is 5.10 Å². The fraction of sp³-hybridized carbons (Fsp3) is 0.438. The van der Waals surface area contributed by atoms with Crippen LogP contribution in [0.1, 0.15) is 34.1 Å². The summed E-state index contributed by atoms with van der Waals surface area (Å²) in [6.45, 7) is 1.52. The minimum atomic E-state index is -4.34. The standard InChI is InChI=1S/C16H17F3N4O2/c17-16(18,19)12-3-1-11(2-4-12)5-7-20-15(24)14-9-23(22-21-14)13-6-8-25-10-13/h1-4,9,13H,5-8,10H2,(H,20,24). The van der Waals surface area contributed by atoms with Crippen molar-refractivity contribution in [2.24, 2.45) is 0 Å². The Balaban J connectivity index is 1.49. The second-order valence-electron chi connectivity index (χ2n) is 5.80. The number of carbonyl (C=O) groups excluding carboxylic acids is 1. The summed E-state index contributed by atoms with van der Waals surface area (Å²) in [6.07, 6.45) is -1.51. The summed E-state index contributed by atoms with van der Waals surface area (Å²) < 4.78 is 44.4. The highest BCUT2D eigenvalue weighted by atomic mass is 19.4. The van der Waals surface area contributed by atoms with Crippen molar-refractivity contribution in [1.82, 2.24) is 20.3 Å². The maximum atomic E-state index is 12.5. The number of benzene rings is 1. The van der Waals surface area contributed by atoms with E-state index in [1.807, 2.05) is 0 Å². The van der Waals surface area contributed by atoms with Crippen LogP contribution in [-0.2, 0) is 17.3 Å². The predicted octanol–water partition coefficient (Wildman–Crippen LogP) is 2.23. The molecule has 0 radical (unpaired) electrons. The number of hydrogen-bond donors (Lipinski definition) is 1. The van der Waals surface area contributed by atoms with Gasteiger partial charge >= 0.3 is 6.18 Å². The third kappa shape index (κ3) is 4.36. The Kier molecular flexibility index (Phi) is 5.03. The van der Waals surface area contributed by atoms with Crippen molar-refractivity contribution in [1.29, 1.82) is 0 Å². The Bertz CT molecular complexity index is 722. The summed E-state index contributed by atoms with van der Waals surface area (Å²) in [5.74, 6) is -0.364. The Morgan fingerprint density at radius 3 is 2.72 bits per heavy atom. The van der Waals surface area contributed by atoms with E-state index in [0.717, 1.165) is 18.6 Å². The first-order valence-corrected chi connectivity index (χ1v) is 7.87. The fourth-order valence-electron chi connectivity index (χ4n) is 2.56. The van der Waals surface area contributed by atoms with Gasteiger partial charge in [-0.25, -0.2) is 4.68 Å². The summed E-state index contributed by atoms with van der Waals surface area (Å²) in [5.41, 5.74) is 0.229. The lowest BCUT2D eigenvalue weighted by Crippen LogP contribution is -2.26. The van der Waals surface area contributed by atoms with E-state index in [4.69, 9.17) is 4.74 Å². The molecule has 1 unspecified atom stereocenters. The molecule has 0 bridgehead atoms. The molecule has 1 fully saturated rings. The van der Waals surface area contributed by atoms with E-state index < -0.39 is 11.7 Å². The molecule has 1 N–H and O–H groups in total. The second kappa shape index (κ2) is 7.22. The molecule has 1 atom stereocenters. The average Bonchev–Trinajstić information content (AvgIpc) is 3.25. The van der Waals surface area contributed by atoms with Crippen molar-refractivity contribution in [3.63, 3.8) is 0 Å². The topological polar surface area (TPSA) is 69.0 Å². The van der Waals surface area contributed by atoms with E-state index in [9.17, 15) is 18.0 Å². The first kappa shape index (κ1) is 17.4. The highest BCUT2D eigenvalue weighted by Crippen LogP contribution is 2.29. The van der Waals surface area contributed by atoms with E-state index in [-0.39, 0.29) is 17.6 Å². The molecule has 25 heavy (non-hydrogen) atoms. The SMILES string of the molecule is O=C(NCCc1ccc(C(F)(F)F)cc1)c1cn(C2CCOC2)nn1. The van der Waals surface area contributed by atoms with Crippen LogP contribution in [0.3, 0.4) is 0 Å². The van der Waals surface area contributed by atoms with Gasteiger partial charge in [0.15, 0.2) is 5.69 Å². The molecule has 6 nitrogen and oxygen atoms in total. The van der Waals surface area contributed by atoms with Gasteiger partial charge in [-0.3, -0.25) is 4.79 Å². The molecule has 1 aliphatic rings. The molecule has 1 amide bonds. The summed E-state index contributed by atoms with van der Waals surface area (Å²) in [4.78, 5) is 12.0. The van der Waals surface area contributed by atoms with Gasteiger partial charge < -0.3 is 10.1 Å². The van der Waals surface area contributed by atoms with Crippen molar-refractivity contribution in [3.8, 4) is 0 Å². The minimum absolute atomic E-state index is 0.0983. The summed E-state index contributed by atoms with van der Waals surface area (Å²) in [5, 5.41) is 10.5. The van der Waals surface area contributed by atoms with E-state index in [1.54, 1.807) is 10.9 Å². The van der Waals surface area contributed by atoms with Crippen LogP contribution in [0.2, 0.25) is 0 Å². The molecule has 0 aliphatic carbocycles. The fourth-order valence-corrected chi connectivity index (χ4v) is 2.56. The largest absolute Gasteiger partial charge is 0.416 e. The van der Waals surface area contributed by atoms with Crippen molar-refractivity contribution in [2.45, 2.75) is 25.1 Å². The Morgan fingerprint density at radius 1 is 1.32 bits per heavy atom. The lowest BCUT2D eigenvalue weighted by atomic mass is 10.1. The van der Waals surface area contributed by atoms with Crippen LogP contribution in [0.5, 0.6) is 0 Å². The molecule has 1 aromatic heterocycles. The molecule has 0 saturated carbocycles. The molecular weight excluding hydrogens is 337 g/mol. The third-order valence-corrected chi connectivity index (χ3v) is 4.00. The van der Waals surface area contributed by atoms with Gasteiger partial charge in [0, 0.05) is 13.2 Å². The van der Waals surface area contributed by atoms with Gasteiger partial charge in [0.1, 0.15) is 0 Å². The van der Waals surface area contributed by atoms with E-state index in [1.165, 1.54) is 12.1 Å². The number of rotatable bonds is 5. The average molecular weight is 354 g/mol. The van der Waals surface area contributed by atoms with Gasteiger partial charge in [0.25, 0.3) is 5.91 Å². The molecular formula is C16H17F3N4O2. The van der Waals surface area contributed by atoms with E-state index >= 15 is 0 Å². The number of aromatic nitrogens is 3. The number of amides is 1. The molecule has 2 heterocycles. The van der Waals surface area contributed by atoms with Crippen molar-refractivity contribution in [3.05, 3.63) is 47.3 Å². The highest BCUT2D eigenvalue weighted by Gasteiger charge is 2.29. The van der Waals surface area contributed by atoms with Crippen molar-refractivity contribution < 1.29 is 22.7 Å². The smallest absolute Gasteiger partial charge is 0.379 e. The monoisotopic (exact) mass is 354 g/mol. The molecule has 1 saturated heterocycles. The molecule has 2 aromatic rings. The molecule has 1 aromatic carbocycles. The third-order valence-electron chi connectivity index (χ3n) is 4.00. The van der Waals surface area contributed by atoms with Gasteiger partial charge in [0.05, 0.1) is 24.4 Å². The highest BCUT2D eigenvalue weighted by molar-refractivity contribution is 5.91. The number of ether oxygens (including phenoxy) is 1. The zero-order chi connectivity index (χ0) is 17.9. The Hall–Kier alpha value is -2.42. The second-order valence-corrected chi connectivity index (χ2v) is 5.80. The molecule has 9 heteroatoms. The van der Waals surface area contributed by atoms with Gasteiger partial charge in [-0.2, -0.15) is 13.2 Å². The zero-order valence-corrected chi connectivity index (χ0v) is 13.3. The van der Waals surface area contributed by atoms with Gasteiger partial charge in [-0.1, -0.05) is 17.3 Å². The lowest BCUT2D eigenvalue weighted by molar-refractivity contribution is -0.137. The Labute approximate surface area is 142 Å². The Morgan fingerprint density at radius 2 is 2.08 bits per heavy atom. The molecule has 3 rings (SSSR count). The van der Waals surface area contributed by atoms with E-state index in [0.29, 0.717) is 31.7 Å². The van der Waals surface area contributed by atoms with Crippen molar-refractivity contribution >= 4 is 5.91 Å². The lowest BCUT2D eigenvalue weighted by Gasteiger charge is -2.08. The summed E-state index contributed by atoms with van der Waals surface area (Å²) in [7, 11) is 0. The zero-order valence-electron chi connectivity index (χ0n) is 13.3. The molecule has 1 aliphatic heterocycles. The van der Waals surface area contributed by atoms with Crippen LogP contribution in [0.25, 0.3) is 0 Å². The van der Waals surface area contributed by atoms with E-state index in [2.05, 4.69) is 15.6 Å². The van der Waals surface area contributed by atoms with Crippen LogP contribution in [0.4, 0.5) is 13.2 Å². The minimum Gasteiger partial charge on any atom is -0.379 e. The summed E-state index contributed by atoms with van der Waals surface area (Å²) >= 11 is 0. The van der Waals surface area contributed by atoms with Crippen LogP contribution in [0.15, 0.2) is 30.5 Å². The number of halogens is 3. The maximum Gasteiger partial charge on any atom is 0.416 e. The van der Waals surface area contributed by atoms with Gasteiger partial charge in [0.2, 0.25) is 0 Å². The van der Waals surface area contributed by atoms with Crippen LogP contribution < -0.4 is 5.32 Å². The first-order valence-electron chi connectivity index (χ1n) is 7.87. The number of alkyl halides is 3. The van der Waals surface area contributed by atoms with Crippen LogP contribution in [0, 0.1) is 0 Å².